The summed E-state index contributed by atoms with van der Waals surface area (Å²) in [6.07, 6.45) is 5.66. The quantitative estimate of drug-likeness (QED) is 0.648. The second-order valence-corrected chi connectivity index (χ2v) is 2.56. The molecule has 1 aliphatic carbocycles. The van der Waals surface area contributed by atoms with E-state index in [1.54, 1.807) is 0 Å². The molecule has 0 unspecified atom stereocenters. The van der Waals surface area contributed by atoms with Gasteiger partial charge >= 0.3 is 0 Å². The van der Waals surface area contributed by atoms with Gasteiger partial charge in [-0.25, -0.2) is 0 Å². The van der Waals surface area contributed by atoms with Gasteiger partial charge in [-0.15, -0.1) is 0 Å². The molecule has 3 N–H and O–H groups in total. The van der Waals surface area contributed by atoms with Crippen LogP contribution in [0.2, 0.25) is 0 Å². The first kappa shape index (κ1) is 11.8. The van der Waals surface area contributed by atoms with Crippen LogP contribution in [0.1, 0.15) is 33.6 Å². The Hall–Kier alpha value is -1.25. The van der Waals surface area contributed by atoms with Crippen molar-refractivity contribution in [3.8, 4) is 0 Å². The van der Waals surface area contributed by atoms with Crippen LogP contribution < -0.4 is 11.1 Å². The van der Waals surface area contributed by atoms with Crippen LogP contribution >= 0.6 is 0 Å². The van der Waals surface area contributed by atoms with E-state index in [-0.39, 0.29) is 5.91 Å². The molecule has 3 nitrogen and oxygen atoms in total. The second kappa shape index (κ2) is 6.29. The largest absolute Gasteiger partial charge is 0.400 e. The lowest BCUT2D eigenvalue weighted by atomic mass is 10.1. The molecular weight excluding hydrogens is 164 g/mol. The maximum absolute atomic E-state index is 10.6. The summed E-state index contributed by atoms with van der Waals surface area (Å²) < 4.78 is 0. The van der Waals surface area contributed by atoms with Gasteiger partial charge in [-0.2, -0.15) is 0 Å². The number of nitrogens with two attached hydrogens (primary N) is 1. The molecule has 0 aromatic heterocycles. The van der Waals surface area contributed by atoms with Crippen molar-refractivity contribution in [2.45, 2.75) is 33.6 Å². The third-order valence-corrected chi connectivity index (χ3v) is 1.52. The van der Waals surface area contributed by atoms with E-state index in [0.717, 1.165) is 24.2 Å². The summed E-state index contributed by atoms with van der Waals surface area (Å²) in [5.41, 5.74) is 7.16. The molecule has 0 aliphatic heterocycles. The minimum Gasteiger partial charge on any atom is -0.400 e. The molecule has 1 amide bonds. The van der Waals surface area contributed by atoms with E-state index in [2.05, 4.69) is 5.32 Å². The van der Waals surface area contributed by atoms with E-state index in [0.29, 0.717) is 0 Å². The van der Waals surface area contributed by atoms with Crippen molar-refractivity contribution in [2.75, 3.05) is 0 Å². The van der Waals surface area contributed by atoms with Crippen molar-refractivity contribution >= 4 is 5.91 Å². The zero-order valence-electron chi connectivity index (χ0n) is 8.55. The zero-order chi connectivity index (χ0) is 10.3. The van der Waals surface area contributed by atoms with E-state index in [1.807, 2.05) is 26.0 Å². The number of rotatable bonds is 1. The highest BCUT2D eigenvalue weighted by atomic mass is 16.1. The van der Waals surface area contributed by atoms with Crippen molar-refractivity contribution < 1.29 is 4.79 Å². The number of hydrogen-bond donors (Lipinski definition) is 2. The first-order valence-electron chi connectivity index (χ1n) is 4.63. The third kappa shape index (κ3) is 4.35. The molecule has 1 aliphatic rings. The molecule has 0 radical (unpaired) electrons. The Morgan fingerprint density at radius 1 is 1.54 bits per heavy atom. The third-order valence-electron chi connectivity index (χ3n) is 1.52. The fourth-order valence-electron chi connectivity index (χ4n) is 0.993. The SMILES string of the molecule is CC.CC(=O)NC1=C(N)CCC=C1. The van der Waals surface area contributed by atoms with Gasteiger partial charge < -0.3 is 11.1 Å². The summed E-state index contributed by atoms with van der Waals surface area (Å²) in [5, 5.41) is 2.66. The van der Waals surface area contributed by atoms with Crippen LogP contribution in [0, 0.1) is 0 Å². The normalized spacial score (nSPS) is 14.7. The molecule has 0 heterocycles. The van der Waals surface area contributed by atoms with Gasteiger partial charge in [0.25, 0.3) is 0 Å². The van der Waals surface area contributed by atoms with E-state index in [1.165, 1.54) is 6.92 Å². The van der Waals surface area contributed by atoms with E-state index >= 15 is 0 Å². The highest BCUT2D eigenvalue weighted by molar-refractivity contribution is 5.75. The fraction of sp³-hybridized carbons (Fsp3) is 0.500. The molecule has 0 spiro atoms. The van der Waals surface area contributed by atoms with Crippen LogP contribution in [-0.4, -0.2) is 5.91 Å². The van der Waals surface area contributed by atoms with Crippen LogP contribution in [0.4, 0.5) is 0 Å². The first-order chi connectivity index (χ1) is 6.20. The molecule has 0 aromatic rings. The zero-order valence-corrected chi connectivity index (χ0v) is 8.55. The number of carbonyl (C=O) groups is 1. The van der Waals surface area contributed by atoms with E-state index in [9.17, 15) is 4.79 Å². The molecule has 1 rings (SSSR count). The Bertz CT molecular complexity index is 229. The molecule has 74 valence electrons. The molecule has 0 saturated carbocycles. The summed E-state index contributed by atoms with van der Waals surface area (Å²) in [7, 11) is 0. The smallest absolute Gasteiger partial charge is 0.221 e. The number of carbonyl (C=O) groups excluding carboxylic acids is 1. The molecule has 0 aromatic carbocycles. The number of hydrogen-bond acceptors (Lipinski definition) is 2. The van der Waals surface area contributed by atoms with Gasteiger partial charge in [0.2, 0.25) is 5.91 Å². The Kier molecular flexibility index (Phi) is 5.68. The highest BCUT2D eigenvalue weighted by Gasteiger charge is 2.04. The summed E-state index contributed by atoms with van der Waals surface area (Å²) in [6, 6.07) is 0. The average molecular weight is 182 g/mol. The van der Waals surface area contributed by atoms with E-state index in [4.69, 9.17) is 5.73 Å². The summed E-state index contributed by atoms with van der Waals surface area (Å²) in [6.45, 7) is 5.47. The molecule has 3 heteroatoms. The molecule has 13 heavy (non-hydrogen) atoms. The Morgan fingerprint density at radius 3 is 2.62 bits per heavy atom. The predicted molar refractivity (Wildman–Crippen MR) is 54.8 cm³/mol. The highest BCUT2D eigenvalue weighted by Crippen LogP contribution is 2.11. The van der Waals surface area contributed by atoms with Gasteiger partial charge in [0, 0.05) is 12.6 Å². The van der Waals surface area contributed by atoms with Crippen LogP contribution in [0.5, 0.6) is 0 Å². The standard InChI is InChI=1S/C8H12N2O.C2H6/c1-6(11)10-8-5-3-2-4-7(8)9;1-2/h3,5H,2,4,9H2,1H3,(H,10,11);1-2H3. The molecule has 0 saturated heterocycles. The fourth-order valence-corrected chi connectivity index (χ4v) is 0.993. The Morgan fingerprint density at radius 2 is 2.15 bits per heavy atom. The summed E-state index contributed by atoms with van der Waals surface area (Å²) in [4.78, 5) is 10.6. The summed E-state index contributed by atoms with van der Waals surface area (Å²) in [5.74, 6) is -0.0745. The monoisotopic (exact) mass is 182 g/mol. The summed E-state index contributed by atoms with van der Waals surface area (Å²) >= 11 is 0. The molecule has 0 fully saturated rings. The average Bonchev–Trinajstić information content (AvgIpc) is 2.12. The Labute approximate surface area is 79.7 Å². The van der Waals surface area contributed by atoms with Gasteiger partial charge in [-0.05, 0) is 18.9 Å². The molecule has 0 atom stereocenters. The van der Waals surface area contributed by atoms with Gasteiger partial charge in [0.05, 0.1) is 5.70 Å². The topological polar surface area (TPSA) is 55.1 Å². The van der Waals surface area contributed by atoms with Crippen LogP contribution in [0.15, 0.2) is 23.5 Å². The minimum atomic E-state index is -0.0745. The second-order valence-electron chi connectivity index (χ2n) is 2.56. The maximum atomic E-state index is 10.6. The van der Waals surface area contributed by atoms with Crippen molar-refractivity contribution in [3.63, 3.8) is 0 Å². The van der Waals surface area contributed by atoms with Crippen LogP contribution in [-0.2, 0) is 4.79 Å². The van der Waals surface area contributed by atoms with Crippen molar-refractivity contribution in [1.82, 2.24) is 5.32 Å². The van der Waals surface area contributed by atoms with Crippen LogP contribution in [0.3, 0.4) is 0 Å². The van der Waals surface area contributed by atoms with E-state index < -0.39 is 0 Å². The first-order valence-corrected chi connectivity index (χ1v) is 4.63. The Balaban J connectivity index is 0.000000671. The van der Waals surface area contributed by atoms with Gasteiger partial charge in [-0.3, -0.25) is 4.79 Å². The molecular formula is C10H18N2O. The lowest BCUT2D eigenvalue weighted by molar-refractivity contribution is -0.118. The van der Waals surface area contributed by atoms with Crippen LogP contribution in [0.25, 0.3) is 0 Å². The van der Waals surface area contributed by atoms with Gasteiger partial charge in [0.15, 0.2) is 0 Å². The van der Waals surface area contributed by atoms with Crippen molar-refractivity contribution in [2.24, 2.45) is 5.73 Å². The number of amides is 1. The number of allylic oxidation sites excluding steroid dienone is 3. The van der Waals surface area contributed by atoms with Gasteiger partial charge in [-0.1, -0.05) is 19.9 Å². The van der Waals surface area contributed by atoms with Crippen molar-refractivity contribution in [3.05, 3.63) is 23.5 Å². The predicted octanol–water partition coefficient (Wildman–Crippen LogP) is 1.67. The maximum Gasteiger partial charge on any atom is 0.221 e. The van der Waals surface area contributed by atoms with Crippen molar-refractivity contribution in [1.29, 1.82) is 0 Å². The number of nitrogens with one attached hydrogen (secondary N) is 1. The van der Waals surface area contributed by atoms with Gasteiger partial charge in [0.1, 0.15) is 0 Å². The molecule has 0 bridgehead atoms. The lowest BCUT2D eigenvalue weighted by Crippen LogP contribution is -2.22. The lowest BCUT2D eigenvalue weighted by Gasteiger charge is -2.11. The minimum absolute atomic E-state index is 0.0745.